The van der Waals surface area contributed by atoms with Crippen LogP contribution in [0.1, 0.15) is 34.1 Å². The van der Waals surface area contributed by atoms with Crippen LogP contribution >= 0.6 is 15.9 Å². The normalized spacial score (nSPS) is 11.5. The van der Waals surface area contributed by atoms with Gasteiger partial charge in [-0.05, 0) is 57.6 Å². The number of nitrogens with one attached hydrogen (secondary N) is 1. The average molecular weight is 371 g/mol. The molecule has 22 heavy (non-hydrogen) atoms. The Morgan fingerprint density at radius 3 is 2.32 bits per heavy atom. The quantitative estimate of drug-likeness (QED) is 0.529. The van der Waals surface area contributed by atoms with E-state index in [9.17, 15) is 4.79 Å². The second-order valence-electron chi connectivity index (χ2n) is 5.68. The van der Waals surface area contributed by atoms with Crippen molar-refractivity contribution in [2.24, 2.45) is 0 Å². The fourth-order valence-electron chi connectivity index (χ4n) is 1.93. The maximum Gasteiger partial charge on any atom is 0.240 e. The predicted molar refractivity (Wildman–Crippen MR) is 96.0 cm³/mol. The molecule has 0 fully saturated rings. The number of carbonyl (C=O) groups excluding carboxylic acids is 1. The summed E-state index contributed by atoms with van der Waals surface area (Å²) < 4.78 is 5.15. The molecule has 0 heterocycles. The zero-order chi connectivity index (χ0) is 16.6. The lowest BCUT2D eigenvalue weighted by atomic mass is 10.2. The van der Waals surface area contributed by atoms with Gasteiger partial charge in [0.1, 0.15) is 5.75 Å². The third-order valence-electron chi connectivity index (χ3n) is 3.43. The first-order valence-corrected chi connectivity index (χ1v) is 8.61. The Morgan fingerprint density at radius 1 is 1.23 bits per heavy atom. The lowest BCUT2D eigenvalue weighted by Gasteiger charge is -2.18. The summed E-state index contributed by atoms with van der Waals surface area (Å²) in [5.41, 5.74) is 0.771. The first kappa shape index (κ1) is 19.0. The number of halogens is 1. The first-order chi connectivity index (χ1) is 10.4. The molecule has 4 nitrogen and oxygen atoms in total. The monoisotopic (exact) mass is 370 g/mol. The van der Waals surface area contributed by atoms with E-state index in [0.717, 1.165) is 37.5 Å². The van der Waals surface area contributed by atoms with E-state index in [1.54, 1.807) is 0 Å². The topological polar surface area (TPSA) is 41.6 Å². The van der Waals surface area contributed by atoms with Gasteiger partial charge in [0.05, 0.1) is 10.9 Å². The fourth-order valence-corrected chi connectivity index (χ4v) is 2.03. The van der Waals surface area contributed by atoms with Crippen LogP contribution in [0, 0.1) is 0 Å². The van der Waals surface area contributed by atoms with Crippen molar-refractivity contribution in [3.63, 3.8) is 0 Å². The molecule has 0 saturated carbocycles. The van der Waals surface area contributed by atoms with Crippen LogP contribution in [0.2, 0.25) is 0 Å². The Kier molecular flexibility index (Phi) is 7.90. The molecule has 5 heteroatoms. The van der Waals surface area contributed by atoms with Gasteiger partial charge in [0.15, 0.2) is 0 Å². The molecular formula is C17H27BrN2O2. The lowest BCUT2D eigenvalue weighted by molar-refractivity contribution is -0.117. The smallest absolute Gasteiger partial charge is 0.240 e. The third-order valence-corrected chi connectivity index (χ3v) is 3.79. The highest BCUT2D eigenvalue weighted by molar-refractivity contribution is 9.10. The van der Waals surface area contributed by atoms with Gasteiger partial charge in [-0.2, -0.15) is 0 Å². The Morgan fingerprint density at radius 2 is 1.82 bits per heavy atom. The van der Waals surface area contributed by atoms with Gasteiger partial charge in [0.2, 0.25) is 5.91 Å². The number of hydrogen-bond acceptors (Lipinski definition) is 3. The fraction of sp³-hybridized carbons (Fsp3) is 0.588. The van der Waals surface area contributed by atoms with E-state index in [-0.39, 0.29) is 5.91 Å². The molecule has 0 aliphatic carbocycles. The highest BCUT2D eigenvalue weighted by atomic mass is 79.9. The minimum atomic E-state index is -0.577. The van der Waals surface area contributed by atoms with Crippen LogP contribution in [-0.2, 0) is 4.79 Å². The highest BCUT2D eigenvalue weighted by Gasteiger charge is 2.23. The molecule has 124 valence electrons. The van der Waals surface area contributed by atoms with Crippen LogP contribution in [0.25, 0.3) is 0 Å². The molecule has 0 aliphatic rings. The molecule has 0 saturated heterocycles. The Bertz CT molecular complexity index is 451. The van der Waals surface area contributed by atoms with Crippen LogP contribution in [0.15, 0.2) is 24.3 Å². The van der Waals surface area contributed by atoms with E-state index in [1.807, 2.05) is 38.1 Å². The molecule has 0 atom stereocenters. The number of amides is 1. The molecular weight excluding hydrogens is 344 g/mol. The van der Waals surface area contributed by atoms with Crippen molar-refractivity contribution in [1.29, 1.82) is 0 Å². The zero-order valence-corrected chi connectivity index (χ0v) is 15.6. The summed E-state index contributed by atoms with van der Waals surface area (Å²) in [5, 5.41) is 2.86. The zero-order valence-electron chi connectivity index (χ0n) is 14.0. The van der Waals surface area contributed by atoms with Crippen molar-refractivity contribution in [3.8, 4) is 5.75 Å². The second-order valence-corrected chi connectivity index (χ2v) is 7.66. The summed E-state index contributed by atoms with van der Waals surface area (Å²) >= 11 is 3.34. The number of alkyl halides is 1. The van der Waals surface area contributed by atoms with Crippen LogP contribution in [-0.4, -0.2) is 41.4 Å². The van der Waals surface area contributed by atoms with Crippen molar-refractivity contribution >= 4 is 27.5 Å². The summed E-state index contributed by atoms with van der Waals surface area (Å²) in [6, 6.07) is 7.48. The number of anilines is 1. The van der Waals surface area contributed by atoms with E-state index in [0.29, 0.717) is 6.61 Å². The highest BCUT2D eigenvalue weighted by Crippen LogP contribution is 2.20. The molecule has 1 N–H and O–H groups in total. The van der Waals surface area contributed by atoms with Gasteiger partial charge in [0.25, 0.3) is 0 Å². The number of carbonyl (C=O) groups is 1. The van der Waals surface area contributed by atoms with Gasteiger partial charge in [0, 0.05) is 12.2 Å². The number of rotatable bonds is 9. The summed E-state index contributed by atoms with van der Waals surface area (Å²) in [6.45, 7) is 11.9. The molecule has 1 amide bonds. The number of ether oxygens (including phenoxy) is 1. The molecule has 0 spiro atoms. The Hall–Kier alpha value is -1.07. The molecule has 1 aromatic rings. The maximum absolute atomic E-state index is 11.9. The van der Waals surface area contributed by atoms with E-state index in [2.05, 4.69) is 40.0 Å². The summed E-state index contributed by atoms with van der Waals surface area (Å²) in [5.74, 6) is 0.760. The number of hydrogen-bond donors (Lipinski definition) is 1. The van der Waals surface area contributed by atoms with Gasteiger partial charge >= 0.3 is 0 Å². The molecule has 0 radical (unpaired) electrons. The SMILES string of the molecule is CCN(CC)CCCOc1ccc(NC(=O)C(C)(C)Br)cc1. The summed E-state index contributed by atoms with van der Waals surface area (Å²) in [6.07, 6.45) is 1.01. The molecule has 0 bridgehead atoms. The van der Waals surface area contributed by atoms with Crippen molar-refractivity contribution in [2.45, 2.75) is 38.4 Å². The van der Waals surface area contributed by atoms with Crippen LogP contribution in [0.3, 0.4) is 0 Å². The second kappa shape index (κ2) is 9.16. The summed E-state index contributed by atoms with van der Waals surface area (Å²) in [4.78, 5) is 14.2. The predicted octanol–water partition coefficient (Wildman–Crippen LogP) is 3.91. The first-order valence-electron chi connectivity index (χ1n) is 7.82. The Labute approximate surface area is 142 Å². The summed E-state index contributed by atoms with van der Waals surface area (Å²) in [7, 11) is 0. The van der Waals surface area contributed by atoms with Gasteiger partial charge in [-0.25, -0.2) is 0 Å². The molecule has 0 aliphatic heterocycles. The minimum Gasteiger partial charge on any atom is -0.494 e. The van der Waals surface area contributed by atoms with E-state index >= 15 is 0 Å². The lowest BCUT2D eigenvalue weighted by Crippen LogP contribution is -2.30. The van der Waals surface area contributed by atoms with E-state index in [4.69, 9.17) is 4.74 Å². The molecule has 0 aromatic heterocycles. The largest absolute Gasteiger partial charge is 0.494 e. The standard InChI is InChI=1S/C17H27BrN2O2/c1-5-20(6-2)12-7-13-22-15-10-8-14(9-11-15)19-16(21)17(3,4)18/h8-11H,5-7,12-13H2,1-4H3,(H,19,21). The molecule has 0 unspecified atom stereocenters. The Balaban J connectivity index is 2.37. The van der Waals surface area contributed by atoms with Crippen LogP contribution in [0.5, 0.6) is 5.75 Å². The molecule has 1 aromatic carbocycles. The van der Waals surface area contributed by atoms with Gasteiger partial charge < -0.3 is 15.0 Å². The van der Waals surface area contributed by atoms with Gasteiger partial charge in [-0.15, -0.1) is 0 Å². The van der Waals surface area contributed by atoms with Gasteiger partial charge in [-0.3, -0.25) is 4.79 Å². The van der Waals surface area contributed by atoms with E-state index < -0.39 is 4.32 Å². The maximum atomic E-state index is 11.9. The van der Waals surface area contributed by atoms with Crippen LogP contribution < -0.4 is 10.1 Å². The number of benzene rings is 1. The van der Waals surface area contributed by atoms with Crippen molar-refractivity contribution < 1.29 is 9.53 Å². The number of nitrogens with zero attached hydrogens (tertiary/aromatic N) is 1. The minimum absolute atomic E-state index is 0.0691. The molecule has 1 rings (SSSR count). The third kappa shape index (κ3) is 6.79. The van der Waals surface area contributed by atoms with Crippen molar-refractivity contribution in [1.82, 2.24) is 4.90 Å². The van der Waals surface area contributed by atoms with Gasteiger partial charge in [-0.1, -0.05) is 29.8 Å². The van der Waals surface area contributed by atoms with Crippen molar-refractivity contribution in [2.75, 3.05) is 31.6 Å². The average Bonchev–Trinajstić information content (AvgIpc) is 2.48. The van der Waals surface area contributed by atoms with E-state index in [1.165, 1.54) is 0 Å². The van der Waals surface area contributed by atoms with Crippen LogP contribution in [0.4, 0.5) is 5.69 Å². The van der Waals surface area contributed by atoms with Crippen molar-refractivity contribution in [3.05, 3.63) is 24.3 Å².